The topological polar surface area (TPSA) is 113 Å². The van der Waals surface area contributed by atoms with Crippen LogP contribution in [0.1, 0.15) is 45.6 Å². The van der Waals surface area contributed by atoms with Crippen LogP contribution in [0.4, 0.5) is 4.39 Å². The van der Waals surface area contributed by atoms with Crippen LogP contribution in [0, 0.1) is 5.92 Å². The van der Waals surface area contributed by atoms with Crippen LogP contribution >= 0.6 is 0 Å². The van der Waals surface area contributed by atoms with Crippen LogP contribution in [0.2, 0.25) is 0 Å². The monoisotopic (exact) mass is 482 g/mol. The number of hydrogen-bond acceptors (Lipinski definition) is 5. The minimum absolute atomic E-state index is 0.0332. The van der Waals surface area contributed by atoms with E-state index in [1.165, 1.54) is 17.0 Å². The van der Waals surface area contributed by atoms with Crippen molar-refractivity contribution in [3.8, 4) is 0 Å². The van der Waals surface area contributed by atoms with Crippen molar-refractivity contribution in [2.75, 3.05) is 19.6 Å². The molecule has 2 aliphatic rings. The lowest BCUT2D eigenvalue weighted by atomic mass is 9.96. The molecule has 1 aliphatic heterocycles. The summed E-state index contributed by atoms with van der Waals surface area (Å²) < 4.78 is 37.3. The van der Waals surface area contributed by atoms with Gasteiger partial charge in [0.15, 0.2) is 0 Å². The summed E-state index contributed by atoms with van der Waals surface area (Å²) in [6, 6.07) is 4.63. The van der Waals surface area contributed by atoms with Crippen LogP contribution in [-0.4, -0.2) is 74.0 Å². The third-order valence-corrected chi connectivity index (χ3v) is 7.94. The van der Waals surface area contributed by atoms with Gasteiger partial charge in [-0.25, -0.2) is 17.9 Å². The van der Waals surface area contributed by atoms with E-state index in [1.807, 2.05) is 20.8 Å². The Morgan fingerprint density at radius 2 is 1.82 bits per heavy atom. The zero-order valence-electron chi connectivity index (χ0n) is 19.5. The number of nitrogens with one attached hydrogen (secondary N) is 1. The fourth-order valence-electron chi connectivity index (χ4n) is 5.33. The van der Waals surface area contributed by atoms with Crippen LogP contribution in [0.15, 0.2) is 29.2 Å². The van der Waals surface area contributed by atoms with Gasteiger partial charge < -0.3 is 10.2 Å². The molecule has 0 spiro atoms. The number of sulfonamides is 1. The number of carbonyl (C=O) groups is 2. The number of nitrogens with two attached hydrogens (primary N) is 1. The van der Waals surface area contributed by atoms with Gasteiger partial charge in [0.2, 0.25) is 21.8 Å². The first-order valence-corrected chi connectivity index (χ1v) is 13.3. The molecule has 1 heterocycles. The van der Waals surface area contributed by atoms with Gasteiger partial charge in [0.1, 0.15) is 12.2 Å². The maximum Gasteiger partial charge on any atom is 0.243 e. The quantitative estimate of drug-likeness (QED) is 0.524. The van der Waals surface area contributed by atoms with Crippen molar-refractivity contribution in [1.29, 1.82) is 0 Å². The van der Waals surface area contributed by atoms with Gasteiger partial charge in [-0.05, 0) is 62.4 Å². The van der Waals surface area contributed by atoms with E-state index >= 15 is 0 Å². The van der Waals surface area contributed by atoms with Crippen molar-refractivity contribution in [2.24, 2.45) is 11.1 Å². The molecule has 3 N–H and O–H groups in total. The zero-order valence-corrected chi connectivity index (χ0v) is 20.4. The Hall–Kier alpha value is -2.04. The number of halogens is 1. The lowest BCUT2D eigenvalue weighted by Gasteiger charge is -2.40. The van der Waals surface area contributed by atoms with Gasteiger partial charge in [0.25, 0.3) is 0 Å². The largest absolute Gasteiger partial charge is 0.354 e. The first-order valence-electron chi connectivity index (χ1n) is 11.7. The highest BCUT2D eigenvalue weighted by atomic mass is 32.2. The molecule has 2 bridgehead atoms. The number of primary sulfonamides is 1. The summed E-state index contributed by atoms with van der Waals surface area (Å²) in [4.78, 5) is 30.2. The maximum absolute atomic E-state index is 14.6. The number of hydrogen-bond donors (Lipinski definition) is 2. The minimum atomic E-state index is -3.75. The molecular weight excluding hydrogens is 447 g/mol. The number of rotatable bonds is 10. The van der Waals surface area contributed by atoms with E-state index in [4.69, 9.17) is 5.14 Å². The van der Waals surface area contributed by atoms with Gasteiger partial charge >= 0.3 is 0 Å². The van der Waals surface area contributed by atoms with Crippen LogP contribution < -0.4 is 10.5 Å². The van der Waals surface area contributed by atoms with Crippen LogP contribution in [0.3, 0.4) is 0 Å². The number of nitrogens with zero attached hydrogens (tertiary/aromatic N) is 2. The molecule has 1 saturated heterocycles. The summed E-state index contributed by atoms with van der Waals surface area (Å²) in [5.74, 6) is -0.578. The number of likely N-dealkylation sites (N-methyl/N-ethyl adjacent to an activating group) is 1. The van der Waals surface area contributed by atoms with E-state index < -0.39 is 28.3 Å². The highest BCUT2D eigenvalue weighted by Crippen LogP contribution is 2.44. The highest BCUT2D eigenvalue weighted by molar-refractivity contribution is 7.89. The number of alkyl halides is 1. The van der Waals surface area contributed by atoms with Crippen LogP contribution in [0.5, 0.6) is 0 Å². The fourth-order valence-corrected chi connectivity index (χ4v) is 5.84. The summed E-state index contributed by atoms with van der Waals surface area (Å²) in [7, 11) is -3.75. The average molecular weight is 483 g/mol. The molecule has 2 amide bonds. The molecular formula is C23H35FN4O4S. The molecule has 1 aromatic rings. The lowest BCUT2D eigenvalue weighted by molar-refractivity contribution is -0.149. The number of amides is 2. The number of carbonyl (C=O) groups excluding carboxylic acids is 2. The van der Waals surface area contributed by atoms with Crippen molar-refractivity contribution in [3.05, 3.63) is 29.8 Å². The number of piperidine rings is 1. The van der Waals surface area contributed by atoms with E-state index in [-0.39, 0.29) is 28.7 Å². The average Bonchev–Trinajstić information content (AvgIpc) is 3.33. The predicted octanol–water partition coefficient (Wildman–Crippen LogP) is 1.44. The highest BCUT2D eigenvalue weighted by Gasteiger charge is 2.56. The lowest BCUT2D eigenvalue weighted by Crippen LogP contribution is -2.60. The fraction of sp³-hybridized carbons (Fsp3) is 0.652. The first-order chi connectivity index (χ1) is 15.6. The standard InChI is InChI=1S/C23H35FN4O4S/c1-4-19(27(5-2)6-3)23(30)28-20-14-16(13-18(20)24)21(28)22(29)26-12-11-15-7-9-17(10-8-15)33(25,31)32/h7-10,16,18-21H,4-6,11-14H2,1-3H3,(H,26,29)(H2,25,31,32)/t16?,18-,19?,20?,21+/m0/s1. The number of likely N-dealkylation sites (tertiary alicyclic amines) is 1. The molecule has 0 aromatic heterocycles. The Balaban J connectivity index is 1.67. The van der Waals surface area contributed by atoms with Crippen molar-refractivity contribution >= 4 is 21.8 Å². The smallest absolute Gasteiger partial charge is 0.243 e. The maximum atomic E-state index is 14.6. The van der Waals surface area contributed by atoms with Crippen molar-refractivity contribution in [2.45, 2.75) is 75.6 Å². The van der Waals surface area contributed by atoms with Crippen molar-refractivity contribution in [3.63, 3.8) is 0 Å². The Kier molecular flexibility index (Phi) is 8.13. The molecule has 184 valence electrons. The third kappa shape index (κ3) is 5.38. The number of fused-ring (bicyclic) bond motifs is 2. The SMILES string of the molecule is CCC(C(=O)N1C2CC(C[C@@H]2F)[C@@H]1C(=O)NCCc1ccc(S(N)(=O)=O)cc1)N(CC)CC. The molecule has 3 unspecified atom stereocenters. The Morgan fingerprint density at radius 3 is 2.36 bits per heavy atom. The Morgan fingerprint density at radius 1 is 1.18 bits per heavy atom. The molecule has 2 fully saturated rings. The molecule has 5 atom stereocenters. The predicted molar refractivity (Wildman–Crippen MR) is 124 cm³/mol. The molecule has 0 radical (unpaired) electrons. The van der Waals surface area contributed by atoms with Crippen molar-refractivity contribution in [1.82, 2.24) is 15.1 Å². The third-order valence-electron chi connectivity index (χ3n) is 7.01. The van der Waals surface area contributed by atoms with Crippen LogP contribution in [0.25, 0.3) is 0 Å². The van der Waals surface area contributed by atoms with E-state index in [2.05, 4.69) is 10.2 Å². The van der Waals surface area contributed by atoms with Gasteiger partial charge in [-0.3, -0.25) is 14.5 Å². The molecule has 3 rings (SSSR count). The normalized spacial score (nSPS) is 25.5. The summed E-state index contributed by atoms with van der Waals surface area (Å²) in [6.07, 6.45) is 0.843. The molecule has 1 saturated carbocycles. The molecule has 8 nitrogen and oxygen atoms in total. The minimum Gasteiger partial charge on any atom is -0.354 e. The molecule has 33 heavy (non-hydrogen) atoms. The van der Waals surface area contributed by atoms with Gasteiger partial charge in [0.05, 0.1) is 17.0 Å². The van der Waals surface area contributed by atoms with E-state index in [1.54, 1.807) is 12.1 Å². The second-order valence-electron chi connectivity index (χ2n) is 8.88. The number of benzene rings is 1. The van der Waals surface area contributed by atoms with Gasteiger partial charge in [-0.1, -0.05) is 32.9 Å². The molecule has 10 heteroatoms. The summed E-state index contributed by atoms with van der Waals surface area (Å²) in [5.41, 5.74) is 0.847. The zero-order chi connectivity index (χ0) is 24.3. The van der Waals surface area contributed by atoms with Gasteiger partial charge in [0, 0.05) is 6.54 Å². The second kappa shape index (κ2) is 10.5. The molecule has 1 aliphatic carbocycles. The van der Waals surface area contributed by atoms with Gasteiger partial charge in [-0.2, -0.15) is 0 Å². The van der Waals surface area contributed by atoms with Crippen LogP contribution in [-0.2, 0) is 26.0 Å². The van der Waals surface area contributed by atoms with Gasteiger partial charge in [-0.15, -0.1) is 0 Å². The van der Waals surface area contributed by atoms with Crippen molar-refractivity contribution < 1.29 is 22.4 Å². The van der Waals surface area contributed by atoms with E-state index in [0.717, 1.165) is 5.56 Å². The van der Waals surface area contributed by atoms with E-state index in [0.29, 0.717) is 45.3 Å². The Labute approximate surface area is 195 Å². The first kappa shape index (κ1) is 25.6. The summed E-state index contributed by atoms with van der Waals surface area (Å²) in [6.45, 7) is 7.68. The summed E-state index contributed by atoms with van der Waals surface area (Å²) in [5, 5.41) is 8.02. The van der Waals surface area contributed by atoms with E-state index in [9.17, 15) is 22.4 Å². The second-order valence-corrected chi connectivity index (χ2v) is 10.4. The Bertz CT molecular complexity index is 952. The molecule has 1 aromatic carbocycles. The summed E-state index contributed by atoms with van der Waals surface area (Å²) >= 11 is 0.